The lowest BCUT2D eigenvalue weighted by Gasteiger charge is -2.25. The summed E-state index contributed by atoms with van der Waals surface area (Å²) < 4.78 is 13.8. The Labute approximate surface area is 117 Å². The molecule has 0 aliphatic carbocycles. The van der Waals surface area contributed by atoms with Crippen molar-refractivity contribution >= 4 is 15.9 Å². The highest BCUT2D eigenvalue weighted by Crippen LogP contribution is 2.20. The van der Waals surface area contributed by atoms with Crippen molar-refractivity contribution in [2.75, 3.05) is 6.54 Å². The van der Waals surface area contributed by atoms with E-state index in [0.29, 0.717) is 23.5 Å². The minimum atomic E-state index is -0.728. The fourth-order valence-electron chi connectivity index (χ4n) is 2.10. The molecule has 102 valence electrons. The van der Waals surface area contributed by atoms with Gasteiger partial charge in [-0.15, -0.1) is 0 Å². The van der Waals surface area contributed by atoms with Gasteiger partial charge in [0.2, 0.25) is 0 Å². The Morgan fingerprint density at radius 2 is 2.11 bits per heavy atom. The lowest BCUT2D eigenvalue weighted by atomic mass is 9.94. The average molecular weight is 318 g/mol. The van der Waals surface area contributed by atoms with Crippen LogP contribution in [0.3, 0.4) is 0 Å². The Morgan fingerprint density at radius 3 is 2.72 bits per heavy atom. The van der Waals surface area contributed by atoms with Gasteiger partial charge in [-0.25, -0.2) is 4.39 Å². The third-order valence-corrected chi connectivity index (χ3v) is 3.59. The molecule has 0 aromatic heterocycles. The number of halogens is 2. The monoisotopic (exact) mass is 317 g/mol. The van der Waals surface area contributed by atoms with Crippen LogP contribution in [-0.4, -0.2) is 17.3 Å². The first-order valence-corrected chi connectivity index (χ1v) is 6.97. The molecule has 0 aliphatic heterocycles. The van der Waals surface area contributed by atoms with E-state index in [4.69, 9.17) is 0 Å². The molecule has 1 unspecified atom stereocenters. The zero-order valence-corrected chi connectivity index (χ0v) is 12.7. The van der Waals surface area contributed by atoms with E-state index in [1.54, 1.807) is 6.07 Å². The van der Waals surface area contributed by atoms with Crippen molar-refractivity contribution in [1.82, 2.24) is 5.32 Å². The van der Waals surface area contributed by atoms with Crippen molar-refractivity contribution in [1.29, 1.82) is 0 Å². The largest absolute Gasteiger partial charge is 0.389 e. The van der Waals surface area contributed by atoms with E-state index in [1.165, 1.54) is 6.07 Å². The first kappa shape index (κ1) is 15.6. The number of aliphatic hydroxyl groups is 1. The normalized spacial score (nSPS) is 14.8. The highest BCUT2D eigenvalue weighted by Gasteiger charge is 2.21. The van der Waals surface area contributed by atoms with Crippen LogP contribution in [0.1, 0.15) is 32.8 Å². The zero-order chi connectivity index (χ0) is 13.8. The van der Waals surface area contributed by atoms with E-state index in [2.05, 4.69) is 35.1 Å². The van der Waals surface area contributed by atoms with Crippen LogP contribution < -0.4 is 5.32 Å². The van der Waals surface area contributed by atoms with Gasteiger partial charge in [-0.05, 0) is 46.8 Å². The number of hydrogen-bond donors (Lipinski definition) is 2. The highest BCUT2D eigenvalue weighted by molar-refractivity contribution is 9.10. The Morgan fingerprint density at radius 1 is 1.44 bits per heavy atom. The minimum Gasteiger partial charge on any atom is -0.389 e. The van der Waals surface area contributed by atoms with Crippen molar-refractivity contribution in [2.24, 2.45) is 5.92 Å². The van der Waals surface area contributed by atoms with Crippen molar-refractivity contribution in [3.05, 3.63) is 34.1 Å². The number of nitrogens with one attached hydrogen (secondary N) is 1. The quantitative estimate of drug-likeness (QED) is 0.842. The summed E-state index contributed by atoms with van der Waals surface area (Å²) >= 11 is 3.22. The van der Waals surface area contributed by atoms with Crippen molar-refractivity contribution in [2.45, 2.75) is 39.3 Å². The topological polar surface area (TPSA) is 32.3 Å². The number of rotatable bonds is 6. The van der Waals surface area contributed by atoms with Gasteiger partial charge in [0.05, 0.1) is 10.1 Å². The average Bonchev–Trinajstić information content (AvgIpc) is 2.22. The van der Waals surface area contributed by atoms with Crippen LogP contribution >= 0.6 is 15.9 Å². The van der Waals surface area contributed by atoms with Gasteiger partial charge in [0.25, 0.3) is 0 Å². The third-order valence-electron chi connectivity index (χ3n) is 2.70. The van der Waals surface area contributed by atoms with Gasteiger partial charge in [-0.3, -0.25) is 0 Å². The van der Waals surface area contributed by atoms with E-state index in [0.717, 1.165) is 12.0 Å². The van der Waals surface area contributed by atoms with E-state index in [1.807, 2.05) is 13.0 Å². The summed E-state index contributed by atoms with van der Waals surface area (Å²) in [4.78, 5) is 0. The molecule has 2 nitrogen and oxygen atoms in total. The smallest absolute Gasteiger partial charge is 0.137 e. The molecule has 0 saturated carbocycles. The molecule has 0 spiro atoms. The Balaban J connectivity index is 2.49. The molecule has 0 fully saturated rings. The summed E-state index contributed by atoms with van der Waals surface area (Å²) in [7, 11) is 0. The lowest BCUT2D eigenvalue weighted by Crippen LogP contribution is -2.38. The standard InChI is InChI=1S/C14H21BrFNO/c1-10(2)7-14(3,18)9-17-8-11-5-4-6-12(16)13(11)15/h4-6,10,17-18H,7-9H2,1-3H3. The SMILES string of the molecule is CC(C)CC(C)(O)CNCc1cccc(F)c1Br. The Hall–Kier alpha value is -0.450. The maximum absolute atomic E-state index is 13.3. The van der Waals surface area contributed by atoms with Gasteiger partial charge >= 0.3 is 0 Å². The Kier molecular flexibility index (Phi) is 5.76. The van der Waals surface area contributed by atoms with Crippen LogP contribution in [0.15, 0.2) is 22.7 Å². The molecule has 0 bridgehead atoms. The maximum Gasteiger partial charge on any atom is 0.137 e. The van der Waals surface area contributed by atoms with Crippen LogP contribution in [0.5, 0.6) is 0 Å². The van der Waals surface area contributed by atoms with Crippen molar-refractivity contribution < 1.29 is 9.50 Å². The van der Waals surface area contributed by atoms with Crippen LogP contribution in [0.4, 0.5) is 4.39 Å². The predicted molar refractivity (Wildman–Crippen MR) is 75.9 cm³/mol. The van der Waals surface area contributed by atoms with Gasteiger partial charge in [-0.2, -0.15) is 0 Å². The predicted octanol–water partition coefficient (Wildman–Crippen LogP) is 3.47. The summed E-state index contributed by atoms with van der Waals surface area (Å²) in [6, 6.07) is 4.96. The lowest BCUT2D eigenvalue weighted by molar-refractivity contribution is 0.0383. The fourth-order valence-corrected chi connectivity index (χ4v) is 2.51. The molecule has 1 aromatic carbocycles. The highest BCUT2D eigenvalue weighted by atomic mass is 79.9. The summed E-state index contributed by atoms with van der Waals surface area (Å²) in [5.41, 5.74) is 0.129. The third kappa shape index (κ3) is 5.04. The number of hydrogen-bond acceptors (Lipinski definition) is 2. The zero-order valence-electron chi connectivity index (χ0n) is 11.1. The summed E-state index contributed by atoms with van der Waals surface area (Å²) in [6.45, 7) is 7.01. The molecule has 18 heavy (non-hydrogen) atoms. The van der Waals surface area contributed by atoms with Crippen molar-refractivity contribution in [3.8, 4) is 0 Å². The molecular weight excluding hydrogens is 297 g/mol. The molecule has 0 heterocycles. The summed E-state index contributed by atoms with van der Waals surface area (Å²) in [5.74, 6) is 0.186. The van der Waals surface area contributed by atoms with E-state index in [-0.39, 0.29) is 5.82 Å². The first-order chi connectivity index (χ1) is 8.32. The maximum atomic E-state index is 13.3. The van der Waals surface area contributed by atoms with E-state index in [9.17, 15) is 9.50 Å². The molecule has 0 radical (unpaired) electrons. The molecule has 2 N–H and O–H groups in total. The molecule has 4 heteroatoms. The van der Waals surface area contributed by atoms with Gasteiger partial charge in [0.1, 0.15) is 5.82 Å². The molecule has 1 rings (SSSR count). The van der Waals surface area contributed by atoms with Crippen LogP contribution in [0.2, 0.25) is 0 Å². The molecule has 0 amide bonds. The second-order valence-corrected chi connectivity index (χ2v) is 6.20. The van der Waals surface area contributed by atoms with Crippen LogP contribution in [0.25, 0.3) is 0 Å². The number of benzene rings is 1. The van der Waals surface area contributed by atoms with Crippen LogP contribution in [-0.2, 0) is 6.54 Å². The van der Waals surface area contributed by atoms with Gasteiger partial charge in [-0.1, -0.05) is 26.0 Å². The van der Waals surface area contributed by atoms with Gasteiger partial charge in [0, 0.05) is 13.1 Å². The molecule has 1 aromatic rings. The second-order valence-electron chi connectivity index (χ2n) is 5.41. The van der Waals surface area contributed by atoms with E-state index >= 15 is 0 Å². The first-order valence-electron chi connectivity index (χ1n) is 6.18. The summed E-state index contributed by atoms with van der Waals surface area (Å²) in [6.07, 6.45) is 0.740. The minimum absolute atomic E-state index is 0.261. The molecular formula is C14H21BrFNO. The summed E-state index contributed by atoms with van der Waals surface area (Å²) in [5, 5.41) is 13.3. The Bertz CT molecular complexity index is 393. The van der Waals surface area contributed by atoms with Crippen molar-refractivity contribution in [3.63, 3.8) is 0 Å². The molecule has 1 atom stereocenters. The van der Waals surface area contributed by atoms with Crippen LogP contribution in [0, 0.1) is 11.7 Å². The van der Waals surface area contributed by atoms with Gasteiger partial charge in [0.15, 0.2) is 0 Å². The molecule has 0 aliphatic rings. The molecule has 0 saturated heterocycles. The second kappa shape index (κ2) is 6.64. The fraction of sp³-hybridized carbons (Fsp3) is 0.571. The van der Waals surface area contributed by atoms with E-state index < -0.39 is 5.60 Å². The van der Waals surface area contributed by atoms with Gasteiger partial charge < -0.3 is 10.4 Å².